The molecule has 0 aliphatic heterocycles. The van der Waals surface area contributed by atoms with Gasteiger partial charge in [0.05, 0.1) is 18.8 Å². The van der Waals surface area contributed by atoms with Crippen molar-refractivity contribution in [1.82, 2.24) is 19.9 Å². The first-order valence-electron chi connectivity index (χ1n) is 6.47. The number of aryl methyl sites for hydroxylation is 1. The SMILES string of the molecule is Cc1cccc(Cn2ccnc2CNC2CC2)n1. The molecule has 2 heterocycles. The lowest BCUT2D eigenvalue weighted by molar-refractivity contribution is 0.614. The summed E-state index contributed by atoms with van der Waals surface area (Å²) in [5.41, 5.74) is 2.14. The molecule has 1 N–H and O–H groups in total. The average Bonchev–Trinajstić information content (AvgIpc) is 3.08. The predicted molar refractivity (Wildman–Crippen MR) is 70.2 cm³/mol. The Kier molecular flexibility index (Phi) is 3.11. The molecule has 1 aliphatic rings. The largest absolute Gasteiger partial charge is 0.328 e. The molecule has 18 heavy (non-hydrogen) atoms. The van der Waals surface area contributed by atoms with Gasteiger partial charge < -0.3 is 9.88 Å². The summed E-state index contributed by atoms with van der Waals surface area (Å²) >= 11 is 0. The zero-order chi connectivity index (χ0) is 12.4. The molecule has 1 saturated carbocycles. The van der Waals surface area contributed by atoms with Gasteiger partial charge in [-0.15, -0.1) is 0 Å². The van der Waals surface area contributed by atoms with E-state index < -0.39 is 0 Å². The van der Waals surface area contributed by atoms with Crippen molar-refractivity contribution in [2.45, 2.75) is 38.9 Å². The second-order valence-corrected chi connectivity index (χ2v) is 4.90. The highest BCUT2D eigenvalue weighted by Gasteiger charge is 2.20. The minimum Gasteiger partial charge on any atom is -0.328 e. The highest BCUT2D eigenvalue weighted by Crippen LogP contribution is 2.19. The van der Waals surface area contributed by atoms with E-state index in [1.807, 2.05) is 25.4 Å². The van der Waals surface area contributed by atoms with E-state index in [4.69, 9.17) is 0 Å². The van der Waals surface area contributed by atoms with Crippen molar-refractivity contribution in [2.24, 2.45) is 0 Å². The third-order valence-electron chi connectivity index (χ3n) is 3.21. The molecule has 94 valence electrons. The quantitative estimate of drug-likeness (QED) is 0.870. The van der Waals surface area contributed by atoms with E-state index in [1.165, 1.54) is 12.8 Å². The third kappa shape index (κ3) is 2.76. The van der Waals surface area contributed by atoms with Crippen molar-refractivity contribution in [3.05, 3.63) is 47.8 Å². The topological polar surface area (TPSA) is 42.7 Å². The lowest BCUT2D eigenvalue weighted by atomic mass is 10.3. The molecular formula is C14H18N4. The Morgan fingerprint density at radius 2 is 2.28 bits per heavy atom. The van der Waals surface area contributed by atoms with Gasteiger partial charge in [-0.2, -0.15) is 0 Å². The number of pyridine rings is 1. The Morgan fingerprint density at radius 3 is 3.06 bits per heavy atom. The van der Waals surface area contributed by atoms with Crippen LogP contribution < -0.4 is 5.32 Å². The molecule has 2 aromatic rings. The normalized spacial score (nSPS) is 14.9. The van der Waals surface area contributed by atoms with Gasteiger partial charge in [-0.3, -0.25) is 4.98 Å². The molecule has 3 rings (SSSR count). The minimum atomic E-state index is 0.715. The monoisotopic (exact) mass is 242 g/mol. The van der Waals surface area contributed by atoms with Crippen LogP contribution in [0.5, 0.6) is 0 Å². The number of nitrogens with zero attached hydrogens (tertiary/aromatic N) is 3. The smallest absolute Gasteiger partial charge is 0.123 e. The van der Waals surface area contributed by atoms with Crippen LogP contribution in [0.1, 0.15) is 30.1 Å². The zero-order valence-corrected chi connectivity index (χ0v) is 10.6. The van der Waals surface area contributed by atoms with Crippen LogP contribution in [-0.4, -0.2) is 20.6 Å². The van der Waals surface area contributed by atoms with Gasteiger partial charge in [-0.25, -0.2) is 4.98 Å². The first-order chi connectivity index (χ1) is 8.81. The third-order valence-corrected chi connectivity index (χ3v) is 3.21. The lowest BCUT2D eigenvalue weighted by Gasteiger charge is -2.08. The van der Waals surface area contributed by atoms with Crippen LogP contribution in [-0.2, 0) is 13.1 Å². The van der Waals surface area contributed by atoms with Gasteiger partial charge in [0.2, 0.25) is 0 Å². The van der Waals surface area contributed by atoms with E-state index >= 15 is 0 Å². The summed E-state index contributed by atoms with van der Waals surface area (Å²) in [6.07, 6.45) is 6.49. The van der Waals surface area contributed by atoms with Gasteiger partial charge in [0.25, 0.3) is 0 Å². The molecule has 4 nitrogen and oxygen atoms in total. The van der Waals surface area contributed by atoms with Crippen LogP contribution in [0, 0.1) is 6.92 Å². The van der Waals surface area contributed by atoms with Gasteiger partial charge >= 0.3 is 0 Å². The molecule has 1 aliphatic carbocycles. The molecular weight excluding hydrogens is 224 g/mol. The van der Waals surface area contributed by atoms with E-state index in [-0.39, 0.29) is 0 Å². The molecule has 0 bridgehead atoms. The van der Waals surface area contributed by atoms with E-state index in [1.54, 1.807) is 0 Å². The van der Waals surface area contributed by atoms with E-state index in [9.17, 15) is 0 Å². The molecule has 0 aromatic carbocycles. The number of rotatable bonds is 5. The van der Waals surface area contributed by atoms with Crippen LogP contribution in [0.3, 0.4) is 0 Å². The molecule has 0 amide bonds. The summed E-state index contributed by atoms with van der Waals surface area (Å²) in [6, 6.07) is 6.85. The van der Waals surface area contributed by atoms with Crippen LogP contribution in [0.4, 0.5) is 0 Å². The van der Waals surface area contributed by atoms with Crippen molar-refractivity contribution < 1.29 is 0 Å². The van der Waals surface area contributed by atoms with E-state index in [0.29, 0.717) is 6.04 Å². The number of hydrogen-bond donors (Lipinski definition) is 1. The van der Waals surface area contributed by atoms with Gasteiger partial charge in [-0.05, 0) is 31.9 Å². The first-order valence-corrected chi connectivity index (χ1v) is 6.47. The standard InChI is InChI=1S/C14H18N4/c1-11-3-2-4-13(17-11)10-18-8-7-15-14(18)9-16-12-5-6-12/h2-4,7-8,12,16H,5-6,9-10H2,1H3. The maximum atomic E-state index is 4.53. The van der Waals surface area contributed by atoms with Crippen LogP contribution in [0.25, 0.3) is 0 Å². The average molecular weight is 242 g/mol. The number of nitrogens with one attached hydrogen (secondary N) is 1. The molecule has 4 heteroatoms. The van der Waals surface area contributed by atoms with Gasteiger partial charge in [-0.1, -0.05) is 6.07 Å². The highest BCUT2D eigenvalue weighted by atomic mass is 15.1. The van der Waals surface area contributed by atoms with E-state index in [2.05, 4.69) is 32.0 Å². The second-order valence-electron chi connectivity index (χ2n) is 4.90. The Morgan fingerprint density at radius 1 is 1.39 bits per heavy atom. The Hall–Kier alpha value is -1.68. The summed E-state index contributed by atoms with van der Waals surface area (Å²) in [5, 5.41) is 3.49. The number of imidazole rings is 1. The van der Waals surface area contributed by atoms with Crippen molar-refractivity contribution >= 4 is 0 Å². The summed E-state index contributed by atoms with van der Waals surface area (Å²) in [7, 11) is 0. The fourth-order valence-electron chi connectivity index (χ4n) is 2.04. The second kappa shape index (κ2) is 4.90. The summed E-state index contributed by atoms with van der Waals surface area (Å²) in [6.45, 7) is 3.67. The Balaban J connectivity index is 1.69. The van der Waals surface area contributed by atoms with Crippen molar-refractivity contribution in [1.29, 1.82) is 0 Å². The summed E-state index contributed by atoms with van der Waals surface area (Å²) in [5.74, 6) is 1.09. The van der Waals surface area contributed by atoms with Crippen molar-refractivity contribution in [3.63, 3.8) is 0 Å². The minimum absolute atomic E-state index is 0.715. The fourth-order valence-corrected chi connectivity index (χ4v) is 2.04. The Bertz CT molecular complexity index is 528. The highest BCUT2D eigenvalue weighted by molar-refractivity contribution is 5.11. The van der Waals surface area contributed by atoms with Crippen LogP contribution in [0.15, 0.2) is 30.6 Å². The fraction of sp³-hybridized carbons (Fsp3) is 0.429. The molecule has 0 atom stereocenters. The van der Waals surface area contributed by atoms with Crippen LogP contribution in [0.2, 0.25) is 0 Å². The van der Waals surface area contributed by atoms with Gasteiger partial charge in [0, 0.05) is 24.1 Å². The van der Waals surface area contributed by atoms with Crippen molar-refractivity contribution in [2.75, 3.05) is 0 Å². The zero-order valence-electron chi connectivity index (χ0n) is 10.6. The van der Waals surface area contributed by atoms with E-state index in [0.717, 1.165) is 30.3 Å². The number of aromatic nitrogens is 3. The predicted octanol–water partition coefficient (Wildman–Crippen LogP) is 1.89. The maximum absolute atomic E-state index is 4.53. The molecule has 0 radical (unpaired) electrons. The lowest BCUT2D eigenvalue weighted by Crippen LogP contribution is -2.19. The maximum Gasteiger partial charge on any atom is 0.123 e. The molecule has 0 unspecified atom stereocenters. The summed E-state index contributed by atoms with van der Waals surface area (Å²) < 4.78 is 2.16. The number of hydrogen-bond acceptors (Lipinski definition) is 3. The first kappa shape index (κ1) is 11.4. The molecule has 0 spiro atoms. The van der Waals surface area contributed by atoms with Crippen molar-refractivity contribution in [3.8, 4) is 0 Å². The molecule has 2 aromatic heterocycles. The molecule has 0 saturated heterocycles. The molecule has 1 fully saturated rings. The van der Waals surface area contributed by atoms with Gasteiger partial charge in [0.1, 0.15) is 5.82 Å². The Labute approximate surface area is 107 Å². The summed E-state index contributed by atoms with van der Waals surface area (Å²) in [4.78, 5) is 8.93. The van der Waals surface area contributed by atoms with Crippen LogP contribution >= 0.6 is 0 Å². The van der Waals surface area contributed by atoms with Gasteiger partial charge in [0.15, 0.2) is 0 Å².